The van der Waals surface area contributed by atoms with Gasteiger partial charge in [0.1, 0.15) is 16.8 Å². The Labute approximate surface area is 194 Å². The number of hydrogen-bond acceptors (Lipinski definition) is 10. The minimum atomic E-state index is -0.641. The lowest BCUT2D eigenvalue weighted by Crippen LogP contribution is -2.41. The van der Waals surface area contributed by atoms with Crippen molar-refractivity contribution in [2.45, 2.75) is 49.7 Å². The Morgan fingerprint density at radius 2 is 1.94 bits per heavy atom. The highest BCUT2D eigenvalue weighted by molar-refractivity contribution is 8.15. The monoisotopic (exact) mass is 477 g/mol. The van der Waals surface area contributed by atoms with Gasteiger partial charge in [0.15, 0.2) is 0 Å². The quantitative estimate of drug-likeness (QED) is 0.211. The number of carbonyl (C=O) groups is 2. The molecule has 2 aromatic rings. The van der Waals surface area contributed by atoms with Crippen LogP contribution in [0.25, 0.3) is 0 Å². The summed E-state index contributed by atoms with van der Waals surface area (Å²) in [4.78, 5) is 37.1. The van der Waals surface area contributed by atoms with E-state index < -0.39 is 10.5 Å². The molecule has 32 heavy (non-hydrogen) atoms. The van der Waals surface area contributed by atoms with Crippen LogP contribution in [0.4, 0.5) is 22.4 Å². The van der Waals surface area contributed by atoms with Crippen molar-refractivity contribution in [2.24, 2.45) is 5.84 Å². The number of imide groups is 1. The Morgan fingerprint density at radius 1 is 1.19 bits per heavy atom. The molecule has 2 fully saturated rings. The molecule has 1 saturated carbocycles. The van der Waals surface area contributed by atoms with Crippen LogP contribution in [-0.4, -0.2) is 43.0 Å². The summed E-state index contributed by atoms with van der Waals surface area (Å²) in [5.41, 5.74) is 0.594. The minimum Gasteiger partial charge on any atom is -0.506 e. The molecule has 1 aliphatic heterocycles. The van der Waals surface area contributed by atoms with Gasteiger partial charge in [0, 0.05) is 11.6 Å². The van der Waals surface area contributed by atoms with Crippen molar-refractivity contribution in [3.05, 3.63) is 29.0 Å². The number of nitrogens with one attached hydrogen (secondary N) is 2. The third-order valence-electron chi connectivity index (χ3n) is 5.45. The van der Waals surface area contributed by atoms with Gasteiger partial charge in [-0.15, -0.1) is 0 Å². The number of nitrogens with zero attached hydrogens (tertiary/aromatic N) is 4. The molecule has 4 rings (SSSR count). The topological polar surface area (TPSA) is 146 Å². The number of hydrogen-bond donors (Lipinski definition) is 4. The summed E-state index contributed by atoms with van der Waals surface area (Å²) < 4.78 is 0. The number of carbonyl (C=O) groups excluding carboxylic acids is 2. The number of rotatable bonds is 6. The SMILES string of the molecule is NN(CC1SC(=O)NC1=O)c1nc(Nc2ccc(O)c(Cl)c2)nc(C2CCCCCC2)n1. The highest BCUT2D eigenvalue weighted by Crippen LogP contribution is 2.32. The van der Waals surface area contributed by atoms with Crippen LogP contribution in [0.2, 0.25) is 5.02 Å². The summed E-state index contributed by atoms with van der Waals surface area (Å²) in [6.07, 6.45) is 6.56. The van der Waals surface area contributed by atoms with Gasteiger partial charge in [0.25, 0.3) is 5.24 Å². The van der Waals surface area contributed by atoms with Crippen molar-refractivity contribution in [2.75, 3.05) is 16.9 Å². The van der Waals surface area contributed by atoms with Crippen molar-refractivity contribution < 1.29 is 14.7 Å². The van der Waals surface area contributed by atoms with E-state index in [9.17, 15) is 14.7 Å². The number of aromatic hydroxyl groups is 1. The van der Waals surface area contributed by atoms with Crippen LogP contribution in [0, 0.1) is 0 Å². The van der Waals surface area contributed by atoms with E-state index in [1.807, 2.05) is 0 Å². The van der Waals surface area contributed by atoms with Gasteiger partial charge < -0.3 is 10.4 Å². The highest BCUT2D eigenvalue weighted by Gasteiger charge is 2.33. The second-order valence-corrected chi connectivity index (χ2v) is 9.42. The largest absolute Gasteiger partial charge is 0.506 e. The van der Waals surface area contributed by atoms with Gasteiger partial charge in [-0.25, -0.2) is 5.84 Å². The predicted octanol–water partition coefficient (Wildman–Crippen LogP) is 3.44. The van der Waals surface area contributed by atoms with Crippen LogP contribution in [0.3, 0.4) is 0 Å². The number of amides is 2. The molecule has 1 atom stereocenters. The van der Waals surface area contributed by atoms with Crippen molar-refractivity contribution in [3.63, 3.8) is 0 Å². The zero-order chi connectivity index (χ0) is 22.7. The van der Waals surface area contributed by atoms with Crippen molar-refractivity contribution >= 4 is 52.1 Å². The molecule has 170 valence electrons. The van der Waals surface area contributed by atoms with Crippen LogP contribution in [-0.2, 0) is 4.79 Å². The number of anilines is 3. The first kappa shape index (κ1) is 22.6. The van der Waals surface area contributed by atoms with Crippen molar-refractivity contribution in [3.8, 4) is 5.75 Å². The molecule has 2 aliphatic rings. The number of phenolic OH excluding ortho intramolecular Hbond substituents is 1. The highest BCUT2D eigenvalue weighted by atomic mass is 35.5. The second kappa shape index (κ2) is 9.88. The molecular formula is C20H24ClN7O3S. The minimum absolute atomic E-state index is 0.0253. The molecule has 1 aliphatic carbocycles. The fourth-order valence-corrected chi connectivity index (χ4v) is 4.77. The third-order valence-corrected chi connectivity index (χ3v) is 6.72. The molecular weight excluding hydrogens is 454 g/mol. The zero-order valence-electron chi connectivity index (χ0n) is 17.3. The first-order valence-corrected chi connectivity index (χ1v) is 11.7. The molecule has 0 radical (unpaired) electrons. The molecule has 2 heterocycles. The lowest BCUT2D eigenvalue weighted by molar-refractivity contribution is -0.118. The lowest BCUT2D eigenvalue weighted by atomic mass is 10.00. The molecule has 12 heteroatoms. The van der Waals surface area contributed by atoms with Crippen molar-refractivity contribution in [1.29, 1.82) is 0 Å². The van der Waals surface area contributed by atoms with Crippen molar-refractivity contribution in [1.82, 2.24) is 20.3 Å². The number of halogens is 1. The van der Waals surface area contributed by atoms with Crippen LogP contribution in [0.5, 0.6) is 5.75 Å². The van der Waals surface area contributed by atoms with Crippen LogP contribution in [0.15, 0.2) is 18.2 Å². The lowest BCUT2D eigenvalue weighted by Gasteiger charge is -2.21. The molecule has 1 saturated heterocycles. The maximum atomic E-state index is 11.9. The molecule has 1 unspecified atom stereocenters. The molecule has 1 aromatic carbocycles. The summed E-state index contributed by atoms with van der Waals surface area (Å²) in [6, 6.07) is 4.69. The van der Waals surface area contributed by atoms with Gasteiger partial charge in [-0.1, -0.05) is 37.3 Å². The maximum absolute atomic E-state index is 11.9. The Balaban J connectivity index is 1.62. The Hall–Kier alpha value is -2.63. The average Bonchev–Trinajstić information content (AvgIpc) is 2.95. The molecule has 1 aromatic heterocycles. The first-order valence-electron chi connectivity index (χ1n) is 10.4. The molecule has 0 spiro atoms. The molecule has 2 amide bonds. The van der Waals surface area contributed by atoms with Gasteiger partial charge in [0.05, 0.1) is 11.6 Å². The Morgan fingerprint density at radius 3 is 2.59 bits per heavy atom. The van der Waals surface area contributed by atoms with Gasteiger partial charge in [-0.2, -0.15) is 15.0 Å². The number of phenols is 1. The molecule has 10 nitrogen and oxygen atoms in total. The molecule has 5 N–H and O–H groups in total. The first-order chi connectivity index (χ1) is 15.4. The standard InChI is InChI=1S/C20H24ClN7O3S/c21-13-9-12(7-8-14(13)29)23-18-24-16(11-5-3-1-2-4-6-11)25-19(27-18)28(22)10-15-17(30)26-20(31)32-15/h7-9,11,15,29H,1-6,10,22H2,(H,26,30,31)(H,23,24,25,27). The van der Waals surface area contributed by atoms with E-state index in [1.54, 1.807) is 12.1 Å². The number of nitrogens with two attached hydrogens (primary N) is 1. The van der Waals surface area contributed by atoms with Gasteiger partial charge >= 0.3 is 0 Å². The van der Waals surface area contributed by atoms with Gasteiger partial charge in [0.2, 0.25) is 17.8 Å². The van der Waals surface area contributed by atoms with Crippen LogP contribution >= 0.6 is 23.4 Å². The normalized spacial score (nSPS) is 19.5. The number of benzene rings is 1. The second-order valence-electron chi connectivity index (χ2n) is 7.83. The predicted molar refractivity (Wildman–Crippen MR) is 123 cm³/mol. The number of aromatic nitrogens is 3. The number of hydrazine groups is 1. The number of thioether (sulfide) groups is 1. The summed E-state index contributed by atoms with van der Waals surface area (Å²) in [6.45, 7) is 0.0703. The maximum Gasteiger partial charge on any atom is 0.286 e. The average molecular weight is 478 g/mol. The summed E-state index contributed by atoms with van der Waals surface area (Å²) in [7, 11) is 0. The summed E-state index contributed by atoms with van der Waals surface area (Å²) >= 11 is 6.91. The Kier molecular flexibility index (Phi) is 6.97. The van der Waals surface area contributed by atoms with E-state index in [1.165, 1.54) is 23.9 Å². The molecule has 0 bridgehead atoms. The third kappa shape index (κ3) is 5.40. The van der Waals surface area contributed by atoms with Crippen LogP contribution in [0.1, 0.15) is 50.3 Å². The van der Waals surface area contributed by atoms with E-state index in [0.717, 1.165) is 37.4 Å². The van der Waals surface area contributed by atoms with Gasteiger partial charge in [-0.3, -0.25) is 19.9 Å². The summed E-state index contributed by atoms with van der Waals surface area (Å²) in [5.74, 6) is 7.12. The van der Waals surface area contributed by atoms with Gasteiger partial charge in [-0.05, 0) is 42.8 Å². The van der Waals surface area contributed by atoms with E-state index >= 15 is 0 Å². The Bertz CT molecular complexity index is 1020. The van der Waals surface area contributed by atoms with Crippen LogP contribution < -0.4 is 21.5 Å². The zero-order valence-corrected chi connectivity index (χ0v) is 18.8. The summed E-state index contributed by atoms with van der Waals surface area (Å²) in [5, 5.41) is 15.4. The van der Waals surface area contributed by atoms with E-state index in [2.05, 4.69) is 25.6 Å². The van der Waals surface area contributed by atoms with E-state index in [0.29, 0.717) is 11.5 Å². The smallest absolute Gasteiger partial charge is 0.286 e. The fraction of sp³-hybridized carbons (Fsp3) is 0.450. The van der Waals surface area contributed by atoms with E-state index in [4.69, 9.17) is 17.4 Å². The fourth-order valence-electron chi connectivity index (χ4n) is 3.77. The van der Waals surface area contributed by atoms with E-state index in [-0.39, 0.29) is 41.0 Å².